The highest BCUT2D eigenvalue weighted by atomic mass is 127. The van der Waals surface area contributed by atoms with Crippen LogP contribution in [0.15, 0.2) is 30.5 Å². The molecule has 1 aromatic heterocycles. The number of aromatic nitrogens is 2. The number of nitriles is 1. The molecule has 2 amide bonds. The van der Waals surface area contributed by atoms with Crippen molar-refractivity contribution in [3.05, 3.63) is 45.2 Å². The molecule has 9 heteroatoms. The quantitative estimate of drug-likeness (QED) is 0.532. The van der Waals surface area contributed by atoms with E-state index in [9.17, 15) is 14.9 Å². The van der Waals surface area contributed by atoms with Crippen LogP contribution in [0.3, 0.4) is 0 Å². The van der Waals surface area contributed by atoms with Crippen LogP contribution in [0.1, 0.15) is 48.0 Å². The fraction of sp³-hybridized carbons (Fsp3) is 0.455. The Morgan fingerprint density at radius 2 is 2.06 bits per heavy atom. The van der Waals surface area contributed by atoms with E-state index in [-0.39, 0.29) is 29.6 Å². The van der Waals surface area contributed by atoms with Crippen molar-refractivity contribution in [3.63, 3.8) is 0 Å². The van der Waals surface area contributed by atoms with Gasteiger partial charge in [-0.25, -0.2) is 0 Å². The fourth-order valence-electron chi connectivity index (χ4n) is 4.11. The topological polar surface area (TPSA) is 117 Å². The van der Waals surface area contributed by atoms with Crippen LogP contribution >= 0.6 is 22.6 Å². The number of nitrogens with one attached hydrogen (secondary N) is 1. The first-order valence-electron chi connectivity index (χ1n) is 10.4. The van der Waals surface area contributed by atoms with Crippen molar-refractivity contribution in [2.45, 2.75) is 44.2 Å². The summed E-state index contributed by atoms with van der Waals surface area (Å²) in [7, 11) is 0. The average molecular weight is 532 g/mol. The predicted octanol–water partition coefficient (Wildman–Crippen LogP) is 2.84. The Morgan fingerprint density at radius 1 is 1.32 bits per heavy atom. The number of piperidine rings is 1. The molecule has 8 nitrogen and oxygen atoms in total. The number of nitrogens with two attached hydrogens (primary N) is 1. The number of halogens is 1. The molecule has 1 saturated carbocycles. The van der Waals surface area contributed by atoms with Gasteiger partial charge in [-0.15, -0.1) is 0 Å². The Hall–Kier alpha value is -2.45. The van der Waals surface area contributed by atoms with E-state index in [1.165, 1.54) is 9.13 Å². The highest BCUT2D eigenvalue weighted by molar-refractivity contribution is 14.1. The molecule has 3 N–H and O–H groups in total. The summed E-state index contributed by atoms with van der Waals surface area (Å²) in [5.41, 5.74) is 6.47. The number of carbonyl (C=O) groups excluding carboxylic acids is 2. The maximum atomic E-state index is 12.2. The Balaban J connectivity index is 1.52. The van der Waals surface area contributed by atoms with Gasteiger partial charge >= 0.3 is 0 Å². The van der Waals surface area contributed by atoms with E-state index < -0.39 is 11.4 Å². The molecular weight excluding hydrogens is 507 g/mol. The number of likely N-dealkylation sites (tertiary alicyclic amines) is 1. The smallest absolute Gasteiger partial charge is 0.254 e. The van der Waals surface area contributed by atoms with Gasteiger partial charge in [-0.05, 0) is 66.0 Å². The lowest BCUT2D eigenvalue weighted by Crippen LogP contribution is -2.46. The number of nitrogens with zero attached hydrogens (tertiary/aromatic N) is 4. The van der Waals surface area contributed by atoms with E-state index in [1.54, 1.807) is 10.9 Å². The third kappa shape index (κ3) is 4.91. The van der Waals surface area contributed by atoms with Crippen molar-refractivity contribution < 1.29 is 9.59 Å². The van der Waals surface area contributed by atoms with Gasteiger partial charge in [0, 0.05) is 35.3 Å². The minimum atomic E-state index is -0.638. The molecule has 0 bridgehead atoms. The number of carbonyl (C=O) groups is 2. The van der Waals surface area contributed by atoms with E-state index in [0.29, 0.717) is 0 Å². The van der Waals surface area contributed by atoms with Crippen molar-refractivity contribution in [2.75, 3.05) is 18.4 Å². The van der Waals surface area contributed by atoms with Crippen LogP contribution in [-0.2, 0) is 16.9 Å². The van der Waals surface area contributed by atoms with Gasteiger partial charge in [0.2, 0.25) is 5.91 Å². The average Bonchev–Trinajstić information content (AvgIpc) is 3.50. The van der Waals surface area contributed by atoms with Crippen molar-refractivity contribution in [1.29, 1.82) is 5.26 Å². The van der Waals surface area contributed by atoms with E-state index in [4.69, 9.17) is 5.73 Å². The normalized spacial score (nSPS) is 18.3. The summed E-state index contributed by atoms with van der Waals surface area (Å²) in [4.78, 5) is 26.6. The number of rotatable bonds is 7. The monoisotopic (exact) mass is 532 g/mol. The Kier molecular flexibility index (Phi) is 6.29. The summed E-state index contributed by atoms with van der Waals surface area (Å²) in [6, 6.07) is 10.7. The second kappa shape index (κ2) is 8.96. The molecule has 1 aliphatic carbocycles. The number of amides is 2. The summed E-state index contributed by atoms with van der Waals surface area (Å²) < 4.78 is 2.91. The van der Waals surface area contributed by atoms with Crippen LogP contribution in [-0.4, -0.2) is 39.6 Å². The second-order valence-electron chi connectivity index (χ2n) is 8.43. The summed E-state index contributed by atoms with van der Waals surface area (Å²) in [5, 5.41) is 16.8. The number of hydrogen-bond acceptors (Lipinski definition) is 5. The molecule has 0 radical (unpaired) electrons. The first-order chi connectivity index (χ1) is 14.9. The van der Waals surface area contributed by atoms with Crippen LogP contribution in [0.25, 0.3) is 0 Å². The van der Waals surface area contributed by atoms with Gasteiger partial charge in [-0.1, -0.05) is 12.1 Å². The summed E-state index contributed by atoms with van der Waals surface area (Å²) in [6.07, 6.45) is 5.03. The first kappa shape index (κ1) is 21.8. The lowest BCUT2D eigenvalue weighted by molar-refractivity contribution is -0.117. The molecular formula is C22H25IN6O2. The van der Waals surface area contributed by atoms with Crippen LogP contribution < -0.4 is 11.1 Å². The fourth-order valence-corrected chi connectivity index (χ4v) is 4.72. The van der Waals surface area contributed by atoms with Crippen molar-refractivity contribution in [2.24, 2.45) is 11.7 Å². The molecule has 162 valence electrons. The molecule has 31 heavy (non-hydrogen) atoms. The number of primary amides is 1. The van der Waals surface area contributed by atoms with Crippen molar-refractivity contribution in [1.82, 2.24) is 14.7 Å². The number of anilines is 1. The lowest BCUT2D eigenvalue weighted by atomic mass is 9.84. The van der Waals surface area contributed by atoms with Crippen LogP contribution in [0.2, 0.25) is 0 Å². The zero-order chi connectivity index (χ0) is 22.0. The van der Waals surface area contributed by atoms with E-state index in [2.05, 4.69) is 68.2 Å². The van der Waals surface area contributed by atoms with Crippen LogP contribution in [0, 0.1) is 20.8 Å². The third-order valence-corrected chi connectivity index (χ3v) is 6.82. The van der Waals surface area contributed by atoms with Gasteiger partial charge in [-0.2, -0.15) is 10.4 Å². The molecule has 0 unspecified atom stereocenters. The third-order valence-electron chi connectivity index (χ3n) is 6.15. The Morgan fingerprint density at radius 3 is 2.68 bits per heavy atom. The number of hydrogen-bond donors (Lipinski definition) is 2. The minimum Gasteiger partial charge on any atom is -0.365 e. The highest BCUT2D eigenvalue weighted by Gasteiger charge is 2.39. The van der Waals surface area contributed by atoms with Gasteiger partial charge in [-0.3, -0.25) is 19.2 Å². The standard InChI is InChI=1S/C22H25IN6O2/c23-17-3-1-2-15(12-17)13-28-10-7-22(6-9-24,8-11-28)29-14-18(19(25)30)20(27-29)26-21(31)16-4-5-16/h1-3,12,14,16H,4-8,10-11,13H2,(H2,25,30)(H,26,27,31). The molecule has 2 aromatic rings. The maximum Gasteiger partial charge on any atom is 0.254 e. The molecule has 0 atom stereocenters. The minimum absolute atomic E-state index is 0.0109. The molecule has 2 fully saturated rings. The van der Waals surface area contributed by atoms with Crippen LogP contribution in [0.5, 0.6) is 0 Å². The second-order valence-corrected chi connectivity index (χ2v) is 9.67. The molecule has 1 saturated heterocycles. The maximum absolute atomic E-state index is 12.2. The Bertz CT molecular complexity index is 1030. The molecule has 0 spiro atoms. The zero-order valence-corrected chi connectivity index (χ0v) is 19.3. The van der Waals surface area contributed by atoms with Gasteiger partial charge in [0.05, 0.1) is 18.0 Å². The molecule has 1 aliphatic heterocycles. The zero-order valence-electron chi connectivity index (χ0n) is 17.2. The van der Waals surface area contributed by atoms with E-state index in [0.717, 1.165) is 45.3 Å². The molecule has 4 rings (SSSR count). The van der Waals surface area contributed by atoms with Crippen LogP contribution in [0.4, 0.5) is 5.82 Å². The van der Waals surface area contributed by atoms with E-state index in [1.807, 2.05) is 0 Å². The van der Waals surface area contributed by atoms with Gasteiger partial charge < -0.3 is 11.1 Å². The highest BCUT2D eigenvalue weighted by Crippen LogP contribution is 2.36. The van der Waals surface area contributed by atoms with Gasteiger partial charge in [0.15, 0.2) is 5.82 Å². The summed E-state index contributed by atoms with van der Waals surface area (Å²) >= 11 is 2.32. The largest absolute Gasteiger partial charge is 0.365 e. The van der Waals surface area contributed by atoms with Gasteiger partial charge in [0.1, 0.15) is 5.56 Å². The Labute approximate surface area is 194 Å². The van der Waals surface area contributed by atoms with E-state index >= 15 is 0 Å². The molecule has 1 aromatic carbocycles. The summed E-state index contributed by atoms with van der Waals surface area (Å²) in [5.74, 6) is -0.582. The van der Waals surface area contributed by atoms with Gasteiger partial charge in [0.25, 0.3) is 5.91 Å². The molecule has 2 heterocycles. The number of benzene rings is 1. The molecule has 2 aliphatic rings. The first-order valence-corrected chi connectivity index (χ1v) is 11.5. The lowest BCUT2D eigenvalue weighted by Gasteiger charge is -2.40. The SMILES string of the molecule is N#CCC1(n2cc(C(N)=O)c(NC(=O)C3CC3)n2)CCN(Cc2cccc(I)c2)CC1. The van der Waals surface area contributed by atoms with Crippen molar-refractivity contribution >= 4 is 40.2 Å². The predicted molar refractivity (Wildman–Crippen MR) is 124 cm³/mol. The summed E-state index contributed by atoms with van der Waals surface area (Å²) in [6.45, 7) is 2.47. The van der Waals surface area contributed by atoms with Crippen molar-refractivity contribution in [3.8, 4) is 6.07 Å².